The lowest BCUT2D eigenvalue weighted by Gasteiger charge is -2.08. The fourth-order valence-electron chi connectivity index (χ4n) is 1.79. The highest BCUT2D eigenvalue weighted by Crippen LogP contribution is 2.13. The second kappa shape index (κ2) is 9.56. The van der Waals surface area contributed by atoms with Crippen LogP contribution in [0.25, 0.3) is 0 Å². The first-order chi connectivity index (χ1) is 10.5. The Morgan fingerprint density at radius 3 is 2.50 bits per heavy atom. The first kappa shape index (κ1) is 18.6. The lowest BCUT2D eigenvalue weighted by molar-refractivity contribution is 0.147. The van der Waals surface area contributed by atoms with Crippen molar-refractivity contribution >= 4 is 10.1 Å². The molecule has 1 atom stereocenters. The first-order valence-corrected chi connectivity index (χ1v) is 8.78. The monoisotopic (exact) mass is 324 g/mol. The van der Waals surface area contributed by atoms with Crippen LogP contribution >= 0.6 is 0 Å². The summed E-state index contributed by atoms with van der Waals surface area (Å²) in [6, 6.07) is 6.39. The Labute approximate surface area is 133 Å². The van der Waals surface area contributed by atoms with Crippen LogP contribution in [0.1, 0.15) is 31.2 Å². The summed E-state index contributed by atoms with van der Waals surface area (Å²) in [5.41, 5.74) is 0.971. The van der Waals surface area contributed by atoms with Gasteiger partial charge < -0.3 is 5.11 Å². The topological polar surface area (TPSA) is 63.6 Å². The second-order valence-corrected chi connectivity index (χ2v) is 6.74. The maximum Gasteiger partial charge on any atom is 0.297 e. The van der Waals surface area contributed by atoms with E-state index in [9.17, 15) is 13.5 Å². The smallest absolute Gasteiger partial charge is 0.297 e. The third kappa shape index (κ3) is 7.02. The molecule has 0 amide bonds. The predicted molar refractivity (Wildman–Crippen MR) is 88.1 cm³/mol. The van der Waals surface area contributed by atoms with Crippen molar-refractivity contribution in [2.45, 2.75) is 43.6 Å². The van der Waals surface area contributed by atoms with Crippen molar-refractivity contribution in [1.29, 1.82) is 0 Å². The summed E-state index contributed by atoms with van der Waals surface area (Å²) in [5, 5.41) is 9.71. The van der Waals surface area contributed by atoms with Crippen molar-refractivity contribution in [3.63, 3.8) is 0 Å². The number of hydrogen-bond donors (Lipinski definition) is 1. The molecule has 0 saturated heterocycles. The highest BCUT2D eigenvalue weighted by atomic mass is 32.2. The van der Waals surface area contributed by atoms with Gasteiger partial charge >= 0.3 is 0 Å². The van der Waals surface area contributed by atoms with E-state index in [1.54, 1.807) is 18.2 Å². The van der Waals surface area contributed by atoms with Gasteiger partial charge in [-0.05, 0) is 44.7 Å². The van der Waals surface area contributed by atoms with Crippen molar-refractivity contribution < 1.29 is 17.7 Å². The fraction of sp³-hybridized carbons (Fsp3) is 0.412. The van der Waals surface area contributed by atoms with Crippen molar-refractivity contribution in [3.8, 4) is 0 Å². The molecule has 0 fully saturated rings. The Hall–Kier alpha value is -1.43. The quantitative estimate of drug-likeness (QED) is 0.407. The fourth-order valence-corrected chi connectivity index (χ4v) is 2.72. The van der Waals surface area contributed by atoms with Crippen LogP contribution in [0.2, 0.25) is 0 Å². The molecule has 0 unspecified atom stereocenters. The SMILES string of the molecule is C=CCCCC/C=C\[C@H](O)COS(=O)(=O)c1ccc(C)cc1. The van der Waals surface area contributed by atoms with Gasteiger partial charge in [-0.15, -0.1) is 6.58 Å². The molecule has 1 aromatic rings. The first-order valence-electron chi connectivity index (χ1n) is 7.37. The van der Waals surface area contributed by atoms with Crippen molar-refractivity contribution in [2.75, 3.05) is 6.61 Å². The second-order valence-electron chi connectivity index (χ2n) is 5.12. The Morgan fingerprint density at radius 1 is 1.23 bits per heavy atom. The Balaban J connectivity index is 2.39. The zero-order chi connectivity index (χ0) is 16.4. The van der Waals surface area contributed by atoms with Gasteiger partial charge in [0.05, 0.1) is 17.6 Å². The molecule has 122 valence electrons. The highest BCUT2D eigenvalue weighted by molar-refractivity contribution is 7.86. The maximum absolute atomic E-state index is 11.9. The maximum atomic E-state index is 11.9. The van der Waals surface area contributed by atoms with Crippen LogP contribution in [0.4, 0.5) is 0 Å². The molecule has 0 radical (unpaired) electrons. The largest absolute Gasteiger partial charge is 0.387 e. The molecule has 0 bridgehead atoms. The summed E-state index contributed by atoms with van der Waals surface area (Å²) < 4.78 is 28.7. The van der Waals surface area contributed by atoms with E-state index in [-0.39, 0.29) is 11.5 Å². The van der Waals surface area contributed by atoms with E-state index >= 15 is 0 Å². The summed E-state index contributed by atoms with van der Waals surface area (Å²) in [5.74, 6) is 0. The summed E-state index contributed by atoms with van der Waals surface area (Å²) in [4.78, 5) is 0.0960. The molecule has 0 aliphatic heterocycles. The number of aliphatic hydroxyl groups excluding tert-OH is 1. The number of aryl methyl sites for hydroxylation is 1. The Bertz CT molecular complexity index is 573. The van der Waals surface area contributed by atoms with E-state index in [1.165, 1.54) is 12.1 Å². The average Bonchev–Trinajstić information content (AvgIpc) is 2.49. The van der Waals surface area contributed by atoms with Gasteiger partial charge in [0, 0.05) is 0 Å². The number of allylic oxidation sites excluding steroid dienone is 2. The van der Waals surface area contributed by atoms with Crippen LogP contribution in [0, 0.1) is 6.92 Å². The number of benzene rings is 1. The number of unbranched alkanes of at least 4 members (excludes halogenated alkanes) is 3. The van der Waals surface area contributed by atoms with Gasteiger partial charge in [0.2, 0.25) is 0 Å². The summed E-state index contributed by atoms with van der Waals surface area (Å²) >= 11 is 0. The Morgan fingerprint density at radius 2 is 1.86 bits per heavy atom. The minimum Gasteiger partial charge on any atom is -0.387 e. The van der Waals surface area contributed by atoms with Crippen LogP contribution in [0.3, 0.4) is 0 Å². The highest BCUT2D eigenvalue weighted by Gasteiger charge is 2.16. The molecule has 0 aliphatic carbocycles. The molecule has 5 heteroatoms. The molecule has 1 N–H and O–H groups in total. The lowest BCUT2D eigenvalue weighted by atomic mass is 10.2. The van der Waals surface area contributed by atoms with Crippen LogP contribution < -0.4 is 0 Å². The van der Waals surface area contributed by atoms with Crippen LogP contribution in [-0.4, -0.2) is 26.2 Å². The van der Waals surface area contributed by atoms with E-state index in [2.05, 4.69) is 6.58 Å². The Kier molecular flexibility index (Phi) is 8.09. The minimum atomic E-state index is -3.82. The molecular weight excluding hydrogens is 300 g/mol. The number of aliphatic hydroxyl groups is 1. The van der Waals surface area contributed by atoms with E-state index in [0.29, 0.717) is 0 Å². The number of hydrogen-bond acceptors (Lipinski definition) is 4. The standard InChI is InChI=1S/C17H24O4S/c1-3-4-5-6-7-8-9-16(18)14-21-22(19,20)17-12-10-15(2)11-13-17/h3,8-13,16,18H,1,4-7,14H2,2H3/b9-8-/t16-/m0/s1. The molecule has 1 aromatic carbocycles. The third-order valence-corrected chi connectivity index (χ3v) is 4.39. The van der Waals surface area contributed by atoms with E-state index in [0.717, 1.165) is 31.2 Å². The van der Waals surface area contributed by atoms with E-state index in [1.807, 2.05) is 19.1 Å². The van der Waals surface area contributed by atoms with Gasteiger partial charge in [0.15, 0.2) is 0 Å². The van der Waals surface area contributed by atoms with Gasteiger partial charge in [-0.1, -0.05) is 35.9 Å². The molecule has 0 aliphatic rings. The summed E-state index contributed by atoms with van der Waals surface area (Å²) in [7, 11) is -3.82. The minimum absolute atomic E-state index is 0.0960. The van der Waals surface area contributed by atoms with Crippen LogP contribution in [0.5, 0.6) is 0 Å². The van der Waals surface area contributed by atoms with Gasteiger partial charge in [-0.3, -0.25) is 4.18 Å². The van der Waals surface area contributed by atoms with Gasteiger partial charge in [0.25, 0.3) is 10.1 Å². The normalized spacial score (nSPS) is 13.4. The van der Waals surface area contributed by atoms with Crippen LogP contribution in [-0.2, 0) is 14.3 Å². The zero-order valence-electron chi connectivity index (χ0n) is 12.9. The van der Waals surface area contributed by atoms with E-state index < -0.39 is 16.2 Å². The van der Waals surface area contributed by atoms with Crippen molar-refractivity contribution in [2.24, 2.45) is 0 Å². The van der Waals surface area contributed by atoms with Gasteiger partial charge in [-0.2, -0.15) is 8.42 Å². The van der Waals surface area contributed by atoms with Crippen molar-refractivity contribution in [3.05, 3.63) is 54.6 Å². The van der Waals surface area contributed by atoms with Crippen molar-refractivity contribution in [1.82, 2.24) is 0 Å². The van der Waals surface area contributed by atoms with Crippen LogP contribution in [0.15, 0.2) is 54.0 Å². The molecular formula is C17H24O4S. The molecule has 1 rings (SSSR count). The lowest BCUT2D eigenvalue weighted by Crippen LogP contribution is -2.17. The molecule has 22 heavy (non-hydrogen) atoms. The number of rotatable bonds is 10. The summed E-state index contributed by atoms with van der Waals surface area (Å²) in [6.45, 7) is 5.25. The van der Waals surface area contributed by atoms with Gasteiger partial charge in [0.1, 0.15) is 0 Å². The van der Waals surface area contributed by atoms with E-state index in [4.69, 9.17) is 4.18 Å². The average molecular weight is 324 g/mol. The molecule has 0 spiro atoms. The molecule has 4 nitrogen and oxygen atoms in total. The molecule has 0 saturated carbocycles. The predicted octanol–water partition coefficient (Wildman–Crippen LogP) is 3.36. The summed E-state index contributed by atoms with van der Waals surface area (Å²) in [6.07, 6.45) is 8.25. The third-order valence-electron chi connectivity index (χ3n) is 3.09. The zero-order valence-corrected chi connectivity index (χ0v) is 13.8. The molecule has 0 aromatic heterocycles. The molecule has 0 heterocycles. The van der Waals surface area contributed by atoms with Gasteiger partial charge in [-0.25, -0.2) is 0 Å².